The molecule has 0 bridgehead atoms. The molecule has 3 rings (SSSR count). The van der Waals surface area contributed by atoms with Crippen molar-refractivity contribution in [3.05, 3.63) is 59.7 Å². The zero-order valence-electron chi connectivity index (χ0n) is 14.9. The Morgan fingerprint density at radius 1 is 1.04 bits per heavy atom. The van der Waals surface area contributed by atoms with E-state index < -0.39 is 0 Å². The molecule has 1 aliphatic rings. The lowest BCUT2D eigenvalue weighted by Gasteiger charge is -2.26. The van der Waals surface area contributed by atoms with Crippen LogP contribution in [0.2, 0.25) is 0 Å². The van der Waals surface area contributed by atoms with Crippen molar-refractivity contribution in [2.45, 2.75) is 38.3 Å². The first-order valence-electron chi connectivity index (χ1n) is 8.57. The van der Waals surface area contributed by atoms with Crippen LogP contribution in [0.5, 0.6) is 11.5 Å². The Hall–Kier alpha value is -1.94. The Kier molecular flexibility index (Phi) is 4.86. The molecule has 0 radical (unpaired) electrons. The summed E-state index contributed by atoms with van der Waals surface area (Å²) in [5.74, 6) is 1.81. The molecule has 1 heterocycles. The van der Waals surface area contributed by atoms with Gasteiger partial charge in [0, 0.05) is 5.41 Å². The Bertz CT molecular complexity index is 658. The van der Waals surface area contributed by atoms with Crippen molar-refractivity contribution in [1.29, 1.82) is 0 Å². The molecule has 3 nitrogen and oxygen atoms in total. The maximum Gasteiger partial charge on any atom is 0.154 e. The molecule has 24 heavy (non-hydrogen) atoms. The number of benzene rings is 2. The molecule has 1 fully saturated rings. The largest absolute Gasteiger partial charge is 0.500 e. The molecule has 1 aliphatic heterocycles. The summed E-state index contributed by atoms with van der Waals surface area (Å²) >= 11 is 0. The molecule has 1 saturated heterocycles. The zero-order chi connectivity index (χ0) is 17.2. The van der Waals surface area contributed by atoms with Gasteiger partial charge in [0.05, 0.1) is 12.6 Å². The van der Waals surface area contributed by atoms with Gasteiger partial charge in [-0.05, 0) is 42.3 Å². The van der Waals surface area contributed by atoms with Gasteiger partial charge in [0.1, 0.15) is 24.2 Å². The summed E-state index contributed by atoms with van der Waals surface area (Å²) in [4.78, 5) is 0. The molecule has 0 aromatic heterocycles. The molecule has 0 spiro atoms. The molecule has 2 aromatic carbocycles. The number of ether oxygens (including phenoxy) is 3. The van der Waals surface area contributed by atoms with Crippen LogP contribution >= 0.6 is 0 Å². The minimum atomic E-state index is -0.0749. The fraction of sp³-hybridized carbons (Fsp3) is 0.400. The fourth-order valence-corrected chi connectivity index (χ4v) is 2.71. The summed E-state index contributed by atoms with van der Waals surface area (Å²) in [6, 6.07) is 16.9. The average molecular weight is 324 g/mol. The van der Waals surface area contributed by atoms with Crippen LogP contribution in [0, 0.1) is 0 Å². The molecule has 126 valence electrons. The highest BCUT2D eigenvalue weighted by Crippen LogP contribution is 2.33. The van der Waals surface area contributed by atoms with Crippen molar-refractivity contribution in [1.82, 2.24) is 0 Å². The van der Waals surface area contributed by atoms with Gasteiger partial charge in [-0.25, -0.2) is 0 Å². The third kappa shape index (κ3) is 4.12. The van der Waals surface area contributed by atoms with Gasteiger partial charge in [0.15, 0.2) is 7.85 Å². The molecule has 0 saturated carbocycles. The van der Waals surface area contributed by atoms with Crippen LogP contribution in [-0.4, -0.2) is 33.2 Å². The van der Waals surface area contributed by atoms with Crippen LogP contribution in [0.4, 0.5) is 0 Å². The smallest absolute Gasteiger partial charge is 0.154 e. The Labute approximate surface area is 145 Å². The van der Waals surface area contributed by atoms with Crippen LogP contribution in [0.25, 0.3) is 0 Å². The molecule has 4 heteroatoms. The van der Waals surface area contributed by atoms with E-state index in [2.05, 4.69) is 38.1 Å². The van der Waals surface area contributed by atoms with Crippen LogP contribution in [0.15, 0.2) is 48.5 Å². The van der Waals surface area contributed by atoms with Gasteiger partial charge < -0.3 is 14.2 Å². The first-order chi connectivity index (χ1) is 11.4. The lowest BCUT2D eigenvalue weighted by Crippen LogP contribution is -2.19. The van der Waals surface area contributed by atoms with E-state index in [9.17, 15) is 0 Å². The topological polar surface area (TPSA) is 31.0 Å². The summed E-state index contributed by atoms with van der Waals surface area (Å²) in [5, 5.41) is 0. The molecule has 2 atom stereocenters. The average Bonchev–Trinajstić information content (AvgIpc) is 3.38. The fourth-order valence-electron chi connectivity index (χ4n) is 2.71. The van der Waals surface area contributed by atoms with Gasteiger partial charge in [-0.15, -0.1) is 0 Å². The number of epoxide rings is 1. The molecule has 0 aliphatic carbocycles. The highest BCUT2D eigenvalue weighted by molar-refractivity contribution is 6.10. The van der Waals surface area contributed by atoms with Crippen LogP contribution in [-0.2, 0) is 10.2 Å². The van der Waals surface area contributed by atoms with E-state index in [1.807, 2.05) is 39.0 Å². The number of hydrogen-bond donors (Lipinski definition) is 0. The van der Waals surface area contributed by atoms with Crippen molar-refractivity contribution in [2.75, 3.05) is 13.2 Å². The SMILES string of the molecule is BC(C)Oc1ccc(C(C)(C)c2ccc(OCC3CO3)cc2)cc1. The number of rotatable bonds is 7. The van der Waals surface area contributed by atoms with E-state index in [0.717, 1.165) is 18.1 Å². The Morgan fingerprint density at radius 3 is 2.00 bits per heavy atom. The number of hydrogen-bond acceptors (Lipinski definition) is 3. The van der Waals surface area contributed by atoms with E-state index >= 15 is 0 Å². The predicted octanol–water partition coefficient (Wildman–Crippen LogP) is 3.15. The monoisotopic (exact) mass is 324 g/mol. The summed E-state index contributed by atoms with van der Waals surface area (Å²) in [5.41, 5.74) is 2.45. The van der Waals surface area contributed by atoms with Gasteiger partial charge in [0.25, 0.3) is 0 Å². The van der Waals surface area contributed by atoms with Crippen molar-refractivity contribution in [3.63, 3.8) is 0 Å². The van der Waals surface area contributed by atoms with Gasteiger partial charge in [-0.2, -0.15) is 0 Å². The van der Waals surface area contributed by atoms with Gasteiger partial charge in [-0.1, -0.05) is 38.1 Å². The Balaban J connectivity index is 1.71. The highest BCUT2D eigenvalue weighted by Gasteiger charge is 2.24. The molecule has 0 amide bonds. The van der Waals surface area contributed by atoms with Crippen LogP contribution < -0.4 is 9.47 Å². The van der Waals surface area contributed by atoms with E-state index in [1.54, 1.807) is 0 Å². The van der Waals surface area contributed by atoms with E-state index in [4.69, 9.17) is 14.2 Å². The third-order valence-electron chi connectivity index (χ3n) is 4.36. The first-order valence-corrected chi connectivity index (χ1v) is 8.57. The van der Waals surface area contributed by atoms with Gasteiger partial charge >= 0.3 is 0 Å². The predicted molar refractivity (Wildman–Crippen MR) is 98.9 cm³/mol. The van der Waals surface area contributed by atoms with Crippen molar-refractivity contribution in [3.8, 4) is 11.5 Å². The molecule has 0 N–H and O–H groups in total. The zero-order valence-corrected chi connectivity index (χ0v) is 14.9. The molecule has 2 aromatic rings. The summed E-state index contributed by atoms with van der Waals surface area (Å²) in [6.07, 6.45) is 0.285. The standard InChI is InChI=1S/C20H25BO3/c1-14(21)24-18-10-6-16(7-11-18)20(2,3)15-4-8-17(9-5-15)22-12-19-13-23-19/h4-11,14,19H,12-13,21H2,1-3H3. The van der Waals surface area contributed by atoms with Crippen LogP contribution in [0.1, 0.15) is 31.9 Å². The maximum atomic E-state index is 5.73. The van der Waals surface area contributed by atoms with Gasteiger partial charge in [-0.3, -0.25) is 0 Å². The van der Waals surface area contributed by atoms with Gasteiger partial charge in [0.2, 0.25) is 0 Å². The minimum Gasteiger partial charge on any atom is -0.500 e. The Morgan fingerprint density at radius 2 is 1.54 bits per heavy atom. The second kappa shape index (κ2) is 6.90. The van der Waals surface area contributed by atoms with E-state index in [-0.39, 0.29) is 17.5 Å². The molecular formula is C20H25BO3. The van der Waals surface area contributed by atoms with E-state index in [0.29, 0.717) is 6.61 Å². The first kappa shape index (κ1) is 16.9. The normalized spacial score (nSPS) is 18.0. The second-order valence-corrected chi connectivity index (χ2v) is 7.11. The highest BCUT2D eigenvalue weighted by atomic mass is 16.6. The second-order valence-electron chi connectivity index (χ2n) is 7.11. The van der Waals surface area contributed by atoms with Crippen molar-refractivity contribution in [2.24, 2.45) is 0 Å². The lowest BCUT2D eigenvalue weighted by molar-refractivity contribution is 0.263. The summed E-state index contributed by atoms with van der Waals surface area (Å²) in [6.45, 7) is 7.97. The van der Waals surface area contributed by atoms with Crippen molar-refractivity contribution < 1.29 is 14.2 Å². The third-order valence-corrected chi connectivity index (χ3v) is 4.36. The quantitative estimate of drug-likeness (QED) is 0.579. The minimum absolute atomic E-state index is 0.0749. The molecular weight excluding hydrogens is 299 g/mol. The lowest BCUT2D eigenvalue weighted by atomic mass is 9.78. The summed E-state index contributed by atoms with van der Waals surface area (Å²) < 4.78 is 16.6. The maximum absolute atomic E-state index is 5.73. The van der Waals surface area contributed by atoms with Crippen LogP contribution in [0.3, 0.4) is 0 Å². The molecule has 2 unspecified atom stereocenters. The summed E-state index contributed by atoms with van der Waals surface area (Å²) in [7, 11) is 2.04. The van der Waals surface area contributed by atoms with E-state index in [1.165, 1.54) is 11.1 Å². The van der Waals surface area contributed by atoms with Crippen molar-refractivity contribution >= 4 is 7.85 Å².